The van der Waals surface area contributed by atoms with Gasteiger partial charge in [-0.25, -0.2) is 0 Å². The molecule has 0 aliphatic carbocycles. The van der Waals surface area contributed by atoms with E-state index in [1.165, 1.54) is 31.0 Å². The molecular formula is C15H22N2OS. The second-order valence-electron chi connectivity index (χ2n) is 5.69. The number of thioether (sulfide) groups is 1. The highest BCUT2D eigenvalue weighted by Crippen LogP contribution is 2.46. The maximum Gasteiger partial charge on any atom is 0.0679 e. The highest BCUT2D eigenvalue weighted by atomic mass is 32.2. The lowest BCUT2D eigenvalue weighted by Gasteiger charge is -2.47. The lowest BCUT2D eigenvalue weighted by molar-refractivity contribution is 0.0413. The standard InChI is InChI=1S/C15H22N2OS/c1-3-18-14-7-15(19-9-14)10-17(11-15)8-13-6-4-5-12(2)16-13/h4-6,14H,3,7-11H2,1-2H3. The van der Waals surface area contributed by atoms with Crippen LogP contribution in [0.25, 0.3) is 0 Å². The molecule has 2 saturated heterocycles. The summed E-state index contributed by atoms with van der Waals surface area (Å²) in [5, 5.41) is 0. The van der Waals surface area contributed by atoms with Gasteiger partial charge in [0, 0.05) is 42.4 Å². The number of nitrogens with zero attached hydrogens (tertiary/aromatic N) is 2. The van der Waals surface area contributed by atoms with Gasteiger partial charge < -0.3 is 4.74 Å². The van der Waals surface area contributed by atoms with Gasteiger partial charge in [-0.2, -0.15) is 0 Å². The summed E-state index contributed by atoms with van der Waals surface area (Å²) >= 11 is 2.11. The van der Waals surface area contributed by atoms with Crippen LogP contribution in [0.2, 0.25) is 0 Å². The Kier molecular flexibility index (Phi) is 3.83. The van der Waals surface area contributed by atoms with Crippen LogP contribution in [0.1, 0.15) is 24.7 Å². The summed E-state index contributed by atoms with van der Waals surface area (Å²) in [7, 11) is 0. The molecule has 4 heteroatoms. The van der Waals surface area contributed by atoms with E-state index in [2.05, 4.69) is 53.7 Å². The Labute approximate surface area is 119 Å². The first-order valence-corrected chi connectivity index (χ1v) is 8.08. The summed E-state index contributed by atoms with van der Waals surface area (Å²) in [6, 6.07) is 6.28. The summed E-state index contributed by atoms with van der Waals surface area (Å²) in [5.74, 6) is 1.17. The van der Waals surface area contributed by atoms with Crippen molar-refractivity contribution in [1.29, 1.82) is 0 Å². The number of aryl methyl sites for hydroxylation is 1. The van der Waals surface area contributed by atoms with Gasteiger partial charge in [0.05, 0.1) is 11.8 Å². The topological polar surface area (TPSA) is 25.4 Å². The molecule has 104 valence electrons. The monoisotopic (exact) mass is 278 g/mol. The molecule has 3 nitrogen and oxygen atoms in total. The zero-order chi connectivity index (χ0) is 13.3. The van der Waals surface area contributed by atoms with Gasteiger partial charge in [-0.05, 0) is 32.4 Å². The van der Waals surface area contributed by atoms with Gasteiger partial charge in [0.15, 0.2) is 0 Å². The molecule has 3 rings (SSSR count). The molecular weight excluding hydrogens is 256 g/mol. The molecule has 0 aromatic carbocycles. The first-order valence-electron chi connectivity index (χ1n) is 7.09. The summed E-state index contributed by atoms with van der Waals surface area (Å²) < 4.78 is 6.23. The summed E-state index contributed by atoms with van der Waals surface area (Å²) in [5.41, 5.74) is 2.30. The highest BCUT2D eigenvalue weighted by molar-refractivity contribution is 8.01. The van der Waals surface area contributed by atoms with Gasteiger partial charge >= 0.3 is 0 Å². The van der Waals surface area contributed by atoms with Crippen LogP contribution in [-0.4, -0.2) is 46.2 Å². The Morgan fingerprint density at radius 2 is 2.32 bits per heavy atom. The van der Waals surface area contributed by atoms with E-state index in [0.29, 0.717) is 10.9 Å². The van der Waals surface area contributed by atoms with Crippen molar-refractivity contribution in [3.63, 3.8) is 0 Å². The van der Waals surface area contributed by atoms with Crippen molar-refractivity contribution in [2.45, 2.75) is 37.7 Å². The smallest absolute Gasteiger partial charge is 0.0679 e. The fourth-order valence-corrected chi connectivity index (χ4v) is 4.77. The van der Waals surface area contributed by atoms with Crippen molar-refractivity contribution < 1.29 is 4.74 Å². The third-order valence-electron chi connectivity index (χ3n) is 3.93. The molecule has 2 aliphatic heterocycles. The number of aromatic nitrogens is 1. The van der Waals surface area contributed by atoms with E-state index in [0.717, 1.165) is 18.8 Å². The average Bonchev–Trinajstić information content (AvgIpc) is 2.73. The number of rotatable bonds is 4. The van der Waals surface area contributed by atoms with Gasteiger partial charge in [-0.3, -0.25) is 9.88 Å². The van der Waals surface area contributed by atoms with Crippen LogP contribution in [0, 0.1) is 6.92 Å². The molecule has 2 aliphatic rings. The van der Waals surface area contributed by atoms with E-state index in [4.69, 9.17) is 4.74 Å². The van der Waals surface area contributed by atoms with Gasteiger partial charge in [0.25, 0.3) is 0 Å². The first kappa shape index (κ1) is 13.4. The number of hydrogen-bond donors (Lipinski definition) is 0. The Morgan fingerprint density at radius 1 is 1.47 bits per heavy atom. The Hall–Kier alpha value is -0.580. The van der Waals surface area contributed by atoms with Crippen molar-refractivity contribution in [1.82, 2.24) is 9.88 Å². The molecule has 0 saturated carbocycles. The number of hydrogen-bond acceptors (Lipinski definition) is 4. The summed E-state index contributed by atoms with van der Waals surface area (Å²) in [6.45, 7) is 8.36. The summed E-state index contributed by atoms with van der Waals surface area (Å²) in [6.07, 6.45) is 1.71. The fraction of sp³-hybridized carbons (Fsp3) is 0.667. The number of ether oxygens (including phenoxy) is 1. The second kappa shape index (κ2) is 5.43. The molecule has 2 fully saturated rings. The van der Waals surface area contributed by atoms with Crippen LogP contribution >= 0.6 is 11.8 Å². The van der Waals surface area contributed by atoms with E-state index in [-0.39, 0.29) is 0 Å². The zero-order valence-electron chi connectivity index (χ0n) is 11.8. The maximum atomic E-state index is 5.75. The molecule has 0 N–H and O–H groups in total. The zero-order valence-corrected chi connectivity index (χ0v) is 12.6. The van der Waals surface area contributed by atoms with Crippen molar-refractivity contribution in [3.8, 4) is 0 Å². The normalized spacial score (nSPS) is 25.7. The van der Waals surface area contributed by atoms with Crippen molar-refractivity contribution in [3.05, 3.63) is 29.6 Å². The number of likely N-dealkylation sites (tertiary alicyclic amines) is 1. The average molecular weight is 278 g/mol. The van der Waals surface area contributed by atoms with Crippen LogP contribution in [-0.2, 0) is 11.3 Å². The molecule has 0 bridgehead atoms. The Balaban J connectivity index is 1.50. The van der Waals surface area contributed by atoms with Crippen molar-refractivity contribution >= 4 is 11.8 Å². The van der Waals surface area contributed by atoms with Crippen LogP contribution in [0.4, 0.5) is 0 Å². The van der Waals surface area contributed by atoms with Crippen LogP contribution in [0.3, 0.4) is 0 Å². The Morgan fingerprint density at radius 3 is 3.05 bits per heavy atom. The molecule has 19 heavy (non-hydrogen) atoms. The predicted octanol–water partition coefficient (Wildman–Crippen LogP) is 2.49. The van der Waals surface area contributed by atoms with Gasteiger partial charge in [-0.1, -0.05) is 6.07 Å². The Bertz CT molecular complexity index is 446. The largest absolute Gasteiger partial charge is 0.378 e. The molecule has 0 radical (unpaired) electrons. The maximum absolute atomic E-state index is 5.75. The van der Waals surface area contributed by atoms with Crippen molar-refractivity contribution in [2.24, 2.45) is 0 Å². The van der Waals surface area contributed by atoms with Crippen LogP contribution in [0.15, 0.2) is 18.2 Å². The van der Waals surface area contributed by atoms with Gasteiger partial charge in [-0.15, -0.1) is 11.8 Å². The lowest BCUT2D eigenvalue weighted by Crippen LogP contribution is -2.58. The molecule has 0 amide bonds. The molecule has 1 atom stereocenters. The minimum absolute atomic E-state index is 0.476. The van der Waals surface area contributed by atoms with E-state index in [1.54, 1.807) is 0 Å². The van der Waals surface area contributed by atoms with Gasteiger partial charge in [0.2, 0.25) is 0 Å². The molecule has 3 heterocycles. The van der Waals surface area contributed by atoms with E-state index >= 15 is 0 Å². The SMILES string of the molecule is CCOC1CSC2(C1)CN(Cc1cccc(C)n1)C2. The molecule has 1 unspecified atom stereocenters. The summed E-state index contributed by atoms with van der Waals surface area (Å²) in [4.78, 5) is 7.08. The van der Waals surface area contributed by atoms with Crippen molar-refractivity contribution in [2.75, 3.05) is 25.4 Å². The van der Waals surface area contributed by atoms with E-state index in [1.807, 2.05) is 0 Å². The van der Waals surface area contributed by atoms with Crippen LogP contribution < -0.4 is 0 Å². The fourth-order valence-electron chi connectivity index (χ4n) is 3.16. The lowest BCUT2D eigenvalue weighted by atomic mass is 9.93. The third-order valence-corrected chi connectivity index (χ3v) is 5.51. The van der Waals surface area contributed by atoms with E-state index < -0.39 is 0 Å². The van der Waals surface area contributed by atoms with Crippen LogP contribution in [0.5, 0.6) is 0 Å². The molecule has 1 spiro atoms. The van der Waals surface area contributed by atoms with E-state index in [9.17, 15) is 0 Å². The highest BCUT2D eigenvalue weighted by Gasteiger charge is 2.49. The minimum Gasteiger partial charge on any atom is -0.378 e. The number of pyridine rings is 1. The quantitative estimate of drug-likeness (QED) is 0.845. The minimum atomic E-state index is 0.476. The predicted molar refractivity (Wildman–Crippen MR) is 79.5 cm³/mol. The first-order chi connectivity index (χ1) is 9.19. The molecule has 1 aromatic heterocycles. The van der Waals surface area contributed by atoms with Gasteiger partial charge in [0.1, 0.15) is 0 Å². The molecule has 1 aromatic rings. The second-order valence-corrected chi connectivity index (χ2v) is 7.18. The third kappa shape index (κ3) is 2.96.